The van der Waals surface area contributed by atoms with Crippen LogP contribution in [-0.2, 0) is 0 Å². The summed E-state index contributed by atoms with van der Waals surface area (Å²) in [6, 6.07) is 27.5. The third-order valence-electron chi connectivity index (χ3n) is 4.35. The van der Waals surface area contributed by atoms with Crippen LogP contribution in [-0.4, -0.2) is 0 Å². The van der Waals surface area contributed by atoms with E-state index in [2.05, 4.69) is 66.7 Å². The predicted octanol–water partition coefficient (Wildman–Crippen LogP) is 4.58. The van der Waals surface area contributed by atoms with E-state index in [0.717, 1.165) is 11.1 Å². The van der Waals surface area contributed by atoms with Crippen LogP contribution in [0.2, 0.25) is 0 Å². The lowest BCUT2D eigenvalue weighted by atomic mass is 9.96. The smallest absolute Gasteiger partial charge is 0.0784 e. The van der Waals surface area contributed by atoms with Crippen LogP contribution in [0.1, 0.15) is 11.7 Å². The zero-order valence-corrected chi connectivity index (χ0v) is 12.7. The fraction of sp³-hybridized carbons (Fsp3) is 0.0476. The van der Waals surface area contributed by atoms with Crippen molar-refractivity contribution in [3.05, 3.63) is 84.4 Å². The van der Waals surface area contributed by atoms with Gasteiger partial charge in [0.15, 0.2) is 0 Å². The first-order valence-electron chi connectivity index (χ1n) is 7.75. The van der Waals surface area contributed by atoms with Gasteiger partial charge in [0, 0.05) is 0 Å². The molecule has 0 bridgehead atoms. The third-order valence-corrected chi connectivity index (χ3v) is 4.35. The van der Waals surface area contributed by atoms with Gasteiger partial charge >= 0.3 is 0 Å². The minimum atomic E-state index is -0.445. The van der Waals surface area contributed by atoms with E-state index in [-0.39, 0.29) is 0 Å². The van der Waals surface area contributed by atoms with E-state index in [9.17, 15) is 0 Å². The van der Waals surface area contributed by atoms with Crippen molar-refractivity contribution in [2.75, 3.05) is 0 Å². The maximum absolute atomic E-state index is 5.79. The molecule has 4 aromatic carbocycles. The Morgan fingerprint density at radius 1 is 0.565 bits per heavy atom. The first kappa shape index (κ1) is 13.9. The van der Waals surface area contributed by atoms with Crippen molar-refractivity contribution in [1.29, 1.82) is 0 Å². The predicted molar refractivity (Wildman–Crippen MR) is 98.0 cm³/mol. The number of fused-ring (bicyclic) bond motifs is 3. The third kappa shape index (κ3) is 2.48. The van der Waals surface area contributed by atoms with E-state index >= 15 is 0 Å². The van der Waals surface area contributed by atoms with E-state index in [1.807, 2.05) is 12.1 Å². The molecule has 0 saturated heterocycles. The molecule has 0 saturated carbocycles. The SMILES string of the molecule is NC(N)c1cccc(-c2ccc3c(ccc4ccccc43)c2)c1. The van der Waals surface area contributed by atoms with Crippen LogP contribution in [0.3, 0.4) is 0 Å². The average molecular weight is 298 g/mol. The van der Waals surface area contributed by atoms with Crippen molar-refractivity contribution in [3.8, 4) is 11.1 Å². The minimum absolute atomic E-state index is 0.445. The molecule has 0 heterocycles. The van der Waals surface area contributed by atoms with Crippen molar-refractivity contribution in [1.82, 2.24) is 0 Å². The van der Waals surface area contributed by atoms with Crippen LogP contribution in [0.25, 0.3) is 32.7 Å². The fourth-order valence-electron chi connectivity index (χ4n) is 3.12. The molecule has 4 aromatic rings. The van der Waals surface area contributed by atoms with Crippen LogP contribution >= 0.6 is 0 Å². The Balaban J connectivity index is 1.89. The molecular weight excluding hydrogens is 280 g/mol. The van der Waals surface area contributed by atoms with E-state index in [4.69, 9.17) is 11.5 Å². The highest BCUT2D eigenvalue weighted by Crippen LogP contribution is 2.30. The van der Waals surface area contributed by atoms with Crippen molar-refractivity contribution in [2.24, 2.45) is 11.5 Å². The molecule has 4 rings (SSSR count). The summed E-state index contributed by atoms with van der Waals surface area (Å²) in [5.41, 5.74) is 14.8. The zero-order chi connectivity index (χ0) is 15.8. The molecule has 2 heteroatoms. The molecule has 23 heavy (non-hydrogen) atoms. The van der Waals surface area contributed by atoms with Crippen LogP contribution < -0.4 is 11.5 Å². The van der Waals surface area contributed by atoms with E-state index in [1.54, 1.807) is 0 Å². The second-order valence-corrected chi connectivity index (χ2v) is 5.87. The maximum atomic E-state index is 5.79. The molecule has 0 spiro atoms. The Hall–Kier alpha value is -2.68. The van der Waals surface area contributed by atoms with Gasteiger partial charge < -0.3 is 11.5 Å². The highest BCUT2D eigenvalue weighted by Gasteiger charge is 2.05. The molecule has 4 N–H and O–H groups in total. The number of hydrogen-bond donors (Lipinski definition) is 2. The van der Waals surface area contributed by atoms with Gasteiger partial charge in [0.1, 0.15) is 0 Å². The summed E-state index contributed by atoms with van der Waals surface area (Å²) in [5.74, 6) is 0. The standard InChI is InChI=1S/C21H18N2/c22-21(23)18-6-3-5-15(13-18)16-10-11-20-17(12-16)9-8-14-4-1-2-7-19(14)20/h1-13,21H,22-23H2. The van der Waals surface area contributed by atoms with Crippen molar-refractivity contribution >= 4 is 21.5 Å². The Morgan fingerprint density at radius 2 is 1.30 bits per heavy atom. The summed E-state index contributed by atoms with van der Waals surface area (Å²) in [7, 11) is 0. The summed E-state index contributed by atoms with van der Waals surface area (Å²) in [5, 5.41) is 5.07. The van der Waals surface area contributed by atoms with Gasteiger partial charge in [0.2, 0.25) is 0 Å². The first-order chi connectivity index (χ1) is 11.2. The number of rotatable bonds is 2. The van der Waals surface area contributed by atoms with Crippen LogP contribution in [0.15, 0.2) is 78.9 Å². The monoisotopic (exact) mass is 298 g/mol. The van der Waals surface area contributed by atoms with Gasteiger partial charge in [-0.3, -0.25) is 0 Å². The van der Waals surface area contributed by atoms with E-state index in [0.29, 0.717) is 0 Å². The molecular formula is C21H18N2. The van der Waals surface area contributed by atoms with Gasteiger partial charge in [0.05, 0.1) is 6.17 Å². The lowest BCUT2D eigenvalue weighted by molar-refractivity contribution is 0.774. The summed E-state index contributed by atoms with van der Waals surface area (Å²) >= 11 is 0. The van der Waals surface area contributed by atoms with Crippen LogP contribution in [0, 0.1) is 0 Å². The normalized spacial score (nSPS) is 11.4. The lowest BCUT2D eigenvalue weighted by Gasteiger charge is -2.10. The second kappa shape index (κ2) is 5.51. The number of nitrogens with two attached hydrogens (primary N) is 2. The summed E-state index contributed by atoms with van der Waals surface area (Å²) < 4.78 is 0. The average Bonchev–Trinajstić information content (AvgIpc) is 2.61. The Bertz CT molecular complexity index is 1000. The molecule has 0 amide bonds. The molecule has 2 nitrogen and oxygen atoms in total. The Labute approximate surface area is 135 Å². The summed E-state index contributed by atoms with van der Waals surface area (Å²) in [4.78, 5) is 0. The van der Waals surface area contributed by atoms with Gasteiger partial charge in [-0.25, -0.2) is 0 Å². The van der Waals surface area contributed by atoms with Gasteiger partial charge in [-0.05, 0) is 50.4 Å². The fourth-order valence-corrected chi connectivity index (χ4v) is 3.12. The Morgan fingerprint density at radius 3 is 2.17 bits per heavy atom. The molecule has 0 aliphatic heterocycles. The van der Waals surface area contributed by atoms with E-state index in [1.165, 1.54) is 27.1 Å². The van der Waals surface area contributed by atoms with Crippen LogP contribution in [0.5, 0.6) is 0 Å². The Kier molecular flexibility index (Phi) is 3.34. The molecule has 0 radical (unpaired) electrons. The molecule has 0 aliphatic rings. The number of benzene rings is 4. The maximum Gasteiger partial charge on any atom is 0.0784 e. The largest absolute Gasteiger partial charge is 0.312 e. The van der Waals surface area contributed by atoms with Gasteiger partial charge in [-0.1, -0.05) is 66.7 Å². The molecule has 0 aromatic heterocycles. The van der Waals surface area contributed by atoms with Crippen LogP contribution in [0.4, 0.5) is 0 Å². The van der Waals surface area contributed by atoms with Crippen molar-refractivity contribution in [2.45, 2.75) is 6.17 Å². The molecule has 0 unspecified atom stereocenters. The van der Waals surface area contributed by atoms with Gasteiger partial charge in [-0.15, -0.1) is 0 Å². The molecule has 0 fully saturated rings. The second-order valence-electron chi connectivity index (χ2n) is 5.87. The summed E-state index contributed by atoms with van der Waals surface area (Å²) in [6.45, 7) is 0. The zero-order valence-electron chi connectivity index (χ0n) is 12.7. The molecule has 112 valence electrons. The van der Waals surface area contributed by atoms with Gasteiger partial charge in [-0.2, -0.15) is 0 Å². The van der Waals surface area contributed by atoms with E-state index < -0.39 is 6.17 Å². The lowest BCUT2D eigenvalue weighted by Crippen LogP contribution is -2.19. The molecule has 0 aliphatic carbocycles. The van der Waals surface area contributed by atoms with Gasteiger partial charge in [0.25, 0.3) is 0 Å². The van der Waals surface area contributed by atoms with Crippen molar-refractivity contribution < 1.29 is 0 Å². The first-order valence-corrected chi connectivity index (χ1v) is 7.75. The minimum Gasteiger partial charge on any atom is -0.312 e. The highest BCUT2D eigenvalue weighted by atomic mass is 14.8. The molecule has 0 atom stereocenters. The quantitative estimate of drug-likeness (QED) is 0.420. The summed E-state index contributed by atoms with van der Waals surface area (Å²) in [6.07, 6.45) is -0.445. The number of hydrogen-bond acceptors (Lipinski definition) is 2. The highest BCUT2D eigenvalue weighted by molar-refractivity contribution is 6.08. The topological polar surface area (TPSA) is 52.0 Å². The van der Waals surface area contributed by atoms with Crippen molar-refractivity contribution in [3.63, 3.8) is 0 Å².